The number of sulfonamides is 1. The highest BCUT2D eigenvalue weighted by Gasteiger charge is 2.11. The maximum absolute atomic E-state index is 12.7. The quantitative estimate of drug-likeness (QED) is 0.846. The average molecular weight is 309 g/mol. The molecule has 0 fully saturated rings. The molecule has 0 unspecified atom stereocenters. The van der Waals surface area contributed by atoms with Gasteiger partial charge in [0, 0.05) is 34.6 Å². The average Bonchev–Trinajstić information content (AvgIpc) is 2.93. The van der Waals surface area contributed by atoms with Crippen molar-refractivity contribution in [1.29, 1.82) is 0 Å². The predicted octanol–water partition coefficient (Wildman–Crippen LogP) is 1.32. The number of likely N-dealkylation sites (N-methyl/N-ethyl adjacent to an activating group) is 1. The number of rotatable bonds is 6. The minimum atomic E-state index is -5.68. The van der Waals surface area contributed by atoms with Gasteiger partial charge in [-0.15, -0.1) is 0 Å². The number of aromatic amines is 1. The Balaban J connectivity index is 2.86. The summed E-state index contributed by atoms with van der Waals surface area (Å²) in [6.45, 7) is -6.32. The number of benzene rings is 1. The minimum Gasteiger partial charge on any atom is -0.361 e. The molecule has 0 bridgehead atoms. The molecule has 0 amide bonds. The number of hydrogen-bond acceptors (Lipinski definition) is 3. The van der Waals surface area contributed by atoms with Crippen molar-refractivity contribution in [3.8, 4) is 0 Å². The van der Waals surface area contributed by atoms with Crippen LogP contribution in [-0.2, 0) is 22.1 Å². The lowest BCUT2D eigenvalue weighted by Gasteiger charge is -2.08. The molecule has 2 N–H and O–H groups in total. The lowest BCUT2D eigenvalue weighted by molar-refractivity contribution is 0.414. The van der Waals surface area contributed by atoms with Gasteiger partial charge >= 0.3 is 0 Å². The van der Waals surface area contributed by atoms with Gasteiger partial charge in [-0.3, -0.25) is 0 Å². The normalized spacial score (nSPS) is 24.8. The van der Waals surface area contributed by atoms with E-state index in [0.717, 1.165) is 4.90 Å². The molecule has 0 spiro atoms. The summed E-state index contributed by atoms with van der Waals surface area (Å²) in [5, 5.41) is -0.417. The summed E-state index contributed by atoms with van der Waals surface area (Å²) in [5.41, 5.74) is -5.68. The summed E-state index contributed by atoms with van der Waals surface area (Å²) in [6, 6.07) is -3.03. The highest BCUT2D eigenvalue weighted by Crippen LogP contribution is 2.21. The molecular formula is C14H21N3O2S. The lowest BCUT2D eigenvalue weighted by Crippen LogP contribution is -2.20. The molecule has 0 radical (unpaired) electrons. The Morgan fingerprint density at radius 2 is 2.50 bits per heavy atom. The molecule has 1 heterocycles. The van der Waals surface area contributed by atoms with Crippen LogP contribution < -0.4 is 4.72 Å². The van der Waals surface area contributed by atoms with E-state index in [0.29, 0.717) is 4.98 Å². The molecule has 0 atom stereocenters. The van der Waals surface area contributed by atoms with E-state index in [1.807, 2.05) is 0 Å². The lowest BCUT2D eigenvalue weighted by atomic mass is 10.1. The first-order chi connectivity index (χ1) is 15.1. The smallest absolute Gasteiger partial charge is 0.215 e. The monoisotopic (exact) mass is 309 g/mol. The van der Waals surface area contributed by atoms with Gasteiger partial charge in [0.2, 0.25) is 10.0 Å². The summed E-state index contributed by atoms with van der Waals surface area (Å²) in [5.74, 6) is 0. The van der Waals surface area contributed by atoms with E-state index in [1.165, 1.54) is 7.05 Å². The van der Waals surface area contributed by atoms with Gasteiger partial charge < -0.3 is 9.88 Å². The zero-order valence-electron chi connectivity index (χ0n) is 24.5. The number of nitrogens with zero attached hydrogens (tertiary/aromatic N) is 1. The number of aromatic nitrogens is 1. The Kier molecular flexibility index (Phi) is 1.52. The van der Waals surface area contributed by atoms with Crippen molar-refractivity contribution in [3.63, 3.8) is 0 Å². The SMILES string of the molecule is [2H]c1c(C([2H])([2H])S(=O)(=O)N([2H])C([2H])([2H])[2H])c([2H])c2c(CCN(C)C([2H])([2H])[2H])c([2H])n([2H])c2c1[2H]. The van der Waals surface area contributed by atoms with Crippen LogP contribution in [0.15, 0.2) is 24.3 Å². The van der Waals surface area contributed by atoms with Gasteiger partial charge in [0.25, 0.3) is 0 Å². The van der Waals surface area contributed by atoms with Gasteiger partial charge in [0.05, 0.1) is 11.2 Å². The molecule has 1 aromatic heterocycles. The van der Waals surface area contributed by atoms with E-state index in [2.05, 4.69) is 0 Å². The molecule has 0 saturated carbocycles. The van der Waals surface area contributed by atoms with Crippen LogP contribution in [0, 0.1) is 0 Å². The summed E-state index contributed by atoms with van der Waals surface area (Å²) >= 11 is 0. The number of fused-ring (bicyclic) bond motifs is 1. The Bertz CT molecular complexity index is 1220. The van der Waals surface area contributed by atoms with Gasteiger partial charge in [-0.1, -0.05) is 6.04 Å². The van der Waals surface area contributed by atoms with Crippen molar-refractivity contribution in [1.82, 2.24) is 14.6 Å². The third kappa shape index (κ3) is 3.59. The summed E-state index contributed by atoms with van der Waals surface area (Å²) < 4.78 is 132. The molecular weight excluding hydrogens is 274 g/mol. The summed E-state index contributed by atoms with van der Waals surface area (Å²) in [7, 11) is -4.42. The molecule has 0 saturated heterocycles. The first-order valence-electron chi connectivity index (χ1n) is 12.4. The van der Waals surface area contributed by atoms with Gasteiger partial charge in [0.1, 0.15) is 1.41 Å². The second kappa shape index (κ2) is 5.95. The van der Waals surface area contributed by atoms with Crippen LogP contribution in [-0.4, -0.2) is 45.8 Å². The molecule has 2 aromatic rings. The van der Waals surface area contributed by atoms with Gasteiger partial charge in [-0.2, -0.15) is 0 Å². The van der Waals surface area contributed by atoms with Crippen LogP contribution >= 0.6 is 0 Å². The molecule has 0 aliphatic heterocycles. The first kappa shape index (κ1) is 5.12. The van der Waals surface area contributed by atoms with Crippen molar-refractivity contribution >= 4 is 20.9 Å². The molecule has 110 valence electrons. The molecule has 1 aromatic carbocycles. The number of H-pyrrole nitrogens is 1. The third-order valence-corrected chi connectivity index (χ3v) is 3.15. The number of nitrogens with one attached hydrogen (secondary N) is 2. The highest BCUT2D eigenvalue weighted by molar-refractivity contribution is 7.88. The highest BCUT2D eigenvalue weighted by atomic mass is 32.2. The fourth-order valence-corrected chi connectivity index (χ4v) is 1.95. The van der Waals surface area contributed by atoms with Crippen LogP contribution in [0.5, 0.6) is 0 Å². The van der Waals surface area contributed by atoms with E-state index < -0.39 is 75.2 Å². The molecule has 2 rings (SSSR count). The van der Waals surface area contributed by atoms with E-state index in [9.17, 15) is 8.42 Å². The summed E-state index contributed by atoms with van der Waals surface area (Å²) in [6.07, 6.45) is -0.839. The van der Waals surface area contributed by atoms with E-state index in [1.54, 1.807) is 0 Å². The second-order valence-corrected chi connectivity index (χ2v) is 5.35. The Morgan fingerprint density at radius 1 is 1.65 bits per heavy atom. The minimum absolute atomic E-state index is 0.160. The fraction of sp³-hybridized carbons (Fsp3) is 0.429. The molecule has 6 heteroatoms. The standard InChI is InChI=1S/C14H21N3O2S/c1-15-20(18,19)10-11-4-5-14-13(8-11)12(9-16-14)6-7-17(2)3/h4-5,8-9,15-16H,6-7,10H2,1-3H3/i1D3,2D3,4D,5D,8D,9D,10D2/hD2. The van der Waals surface area contributed by atoms with E-state index in [-0.39, 0.29) is 18.5 Å². The van der Waals surface area contributed by atoms with Crippen LogP contribution in [0.4, 0.5) is 0 Å². The Hall–Kier alpha value is -1.37. The zero-order valence-corrected chi connectivity index (χ0v) is 11.3. The van der Waals surface area contributed by atoms with Gasteiger partial charge in [0.15, 0.2) is 1.41 Å². The maximum Gasteiger partial charge on any atom is 0.215 e. The van der Waals surface area contributed by atoms with Gasteiger partial charge in [-0.25, -0.2) is 13.1 Å². The molecule has 20 heavy (non-hydrogen) atoms. The molecule has 0 aliphatic rings. The molecule has 0 aliphatic carbocycles. The predicted molar refractivity (Wildman–Crippen MR) is 82.2 cm³/mol. The van der Waals surface area contributed by atoms with Crippen LogP contribution in [0.2, 0.25) is 2.82 Å². The van der Waals surface area contributed by atoms with Gasteiger partial charge in [-0.05, 0) is 50.6 Å². The topological polar surface area (TPSA) is 65.2 Å². The second-order valence-electron chi connectivity index (χ2n) is 4.02. The number of hydrogen-bond donors (Lipinski definition) is 2. The van der Waals surface area contributed by atoms with Crippen LogP contribution in [0.3, 0.4) is 0 Å². The van der Waals surface area contributed by atoms with Crippen molar-refractivity contribution in [2.24, 2.45) is 0 Å². The van der Waals surface area contributed by atoms with Crippen molar-refractivity contribution in [3.05, 3.63) is 35.4 Å². The van der Waals surface area contributed by atoms with Crippen molar-refractivity contribution in [2.75, 3.05) is 27.5 Å². The zero-order chi connectivity index (χ0) is 26.8. The Labute approximate surface area is 139 Å². The molecule has 5 nitrogen and oxygen atoms in total. The largest absolute Gasteiger partial charge is 0.361 e. The van der Waals surface area contributed by atoms with E-state index >= 15 is 0 Å². The van der Waals surface area contributed by atoms with Crippen LogP contribution in [0.25, 0.3) is 10.9 Å². The van der Waals surface area contributed by atoms with Crippen molar-refractivity contribution < 1.29 is 27.7 Å². The third-order valence-electron chi connectivity index (χ3n) is 2.45. The first-order valence-corrected chi connectivity index (χ1v) is 6.92. The van der Waals surface area contributed by atoms with Crippen LogP contribution in [0.1, 0.15) is 27.6 Å². The van der Waals surface area contributed by atoms with Crippen molar-refractivity contribution in [2.45, 2.75) is 12.1 Å². The van der Waals surface area contributed by atoms with E-state index in [4.69, 9.17) is 19.3 Å². The maximum atomic E-state index is 12.7. The fourth-order valence-electron chi connectivity index (χ4n) is 1.54. The Morgan fingerprint density at radius 3 is 3.25 bits per heavy atom. The summed E-state index contributed by atoms with van der Waals surface area (Å²) in [4.78, 5) is 1.33.